The number of carbonyl (C=O) groups excluding carboxylic acids is 2. The van der Waals surface area contributed by atoms with Crippen LogP contribution >= 0.6 is 0 Å². The fraction of sp³-hybridized carbons (Fsp3) is 0.263. The first kappa shape index (κ1) is 17.1. The van der Waals surface area contributed by atoms with Crippen LogP contribution in [0.1, 0.15) is 29.9 Å². The van der Waals surface area contributed by atoms with Crippen LogP contribution < -0.4 is 21.7 Å². The lowest BCUT2D eigenvalue weighted by Crippen LogP contribution is -2.46. The van der Waals surface area contributed by atoms with Crippen molar-refractivity contribution in [2.75, 3.05) is 6.54 Å². The first-order valence-corrected chi connectivity index (χ1v) is 8.41. The molecule has 1 atom stereocenters. The Balaban J connectivity index is 1.66. The maximum Gasteiger partial charge on any atom is 0.250 e. The maximum atomic E-state index is 12.7. The molecule has 2 aromatic rings. The highest BCUT2D eigenvalue weighted by molar-refractivity contribution is 5.89. The number of carbonyl (C=O) groups is 2. The number of hydrogen-bond donors (Lipinski definition) is 4. The molecule has 3 rings (SSSR count). The van der Waals surface area contributed by atoms with Crippen molar-refractivity contribution in [2.45, 2.75) is 24.8 Å². The summed E-state index contributed by atoms with van der Waals surface area (Å²) in [5, 5.41) is 0. The number of hydrogen-bond acceptors (Lipinski definition) is 4. The second-order valence-corrected chi connectivity index (χ2v) is 6.05. The van der Waals surface area contributed by atoms with E-state index >= 15 is 0 Å². The molecule has 2 amide bonds. The lowest BCUT2D eigenvalue weighted by Gasteiger charge is -2.18. The van der Waals surface area contributed by atoms with E-state index in [-0.39, 0.29) is 17.9 Å². The standard InChI is InChI=1S/C19H22N4O2/c24-17(13-16-11-12-20-21-16)22-23-19(25)18(14-7-3-1-4-8-14)15-9-5-2-6-10-15/h1-10,16,18,20-21H,11-13H2,(H,22,24)(H,23,25). The number of amides is 2. The average Bonchev–Trinajstić information content (AvgIpc) is 3.15. The Labute approximate surface area is 147 Å². The van der Waals surface area contributed by atoms with Gasteiger partial charge in [0.25, 0.3) is 0 Å². The van der Waals surface area contributed by atoms with Gasteiger partial charge in [0.1, 0.15) is 0 Å². The van der Waals surface area contributed by atoms with E-state index in [2.05, 4.69) is 21.7 Å². The van der Waals surface area contributed by atoms with Crippen LogP contribution in [0.4, 0.5) is 0 Å². The van der Waals surface area contributed by atoms with E-state index in [4.69, 9.17) is 0 Å². The first-order chi connectivity index (χ1) is 12.2. The molecule has 0 aromatic heterocycles. The van der Waals surface area contributed by atoms with Gasteiger partial charge >= 0.3 is 0 Å². The van der Waals surface area contributed by atoms with E-state index < -0.39 is 5.92 Å². The van der Waals surface area contributed by atoms with Crippen LogP contribution in [0.5, 0.6) is 0 Å². The van der Waals surface area contributed by atoms with Gasteiger partial charge in [-0.2, -0.15) is 0 Å². The van der Waals surface area contributed by atoms with Gasteiger partial charge in [0.2, 0.25) is 11.8 Å². The minimum atomic E-state index is -0.478. The molecule has 1 saturated heterocycles. The van der Waals surface area contributed by atoms with Crippen molar-refractivity contribution in [1.29, 1.82) is 0 Å². The third-order valence-electron chi connectivity index (χ3n) is 4.21. The molecular formula is C19H22N4O2. The molecule has 1 unspecified atom stereocenters. The van der Waals surface area contributed by atoms with Crippen molar-refractivity contribution in [2.24, 2.45) is 0 Å². The van der Waals surface area contributed by atoms with Gasteiger partial charge in [-0.15, -0.1) is 0 Å². The number of hydrazine groups is 2. The summed E-state index contributed by atoms with van der Waals surface area (Å²) in [5.41, 5.74) is 12.9. The van der Waals surface area contributed by atoms with Crippen molar-refractivity contribution < 1.29 is 9.59 Å². The van der Waals surface area contributed by atoms with Crippen molar-refractivity contribution in [3.63, 3.8) is 0 Å². The van der Waals surface area contributed by atoms with E-state index in [1.54, 1.807) is 0 Å². The molecule has 6 nitrogen and oxygen atoms in total. The van der Waals surface area contributed by atoms with Crippen LogP contribution in [0, 0.1) is 0 Å². The van der Waals surface area contributed by atoms with E-state index in [1.165, 1.54) is 0 Å². The Morgan fingerprint density at radius 3 is 2.08 bits per heavy atom. The van der Waals surface area contributed by atoms with Gasteiger partial charge in [-0.05, 0) is 17.5 Å². The fourth-order valence-corrected chi connectivity index (χ4v) is 2.95. The molecule has 0 saturated carbocycles. The minimum absolute atomic E-state index is 0.0935. The van der Waals surface area contributed by atoms with Gasteiger partial charge < -0.3 is 0 Å². The van der Waals surface area contributed by atoms with Crippen LogP contribution in [0.3, 0.4) is 0 Å². The van der Waals surface area contributed by atoms with Crippen molar-refractivity contribution >= 4 is 11.8 Å². The van der Waals surface area contributed by atoms with Crippen LogP contribution in [0.25, 0.3) is 0 Å². The largest absolute Gasteiger partial charge is 0.273 e. The van der Waals surface area contributed by atoms with Crippen LogP contribution in [0.15, 0.2) is 60.7 Å². The number of rotatable bonds is 5. The third kappa shape index (κ3) is 4.65. The Bertz CT molecular complexity index is 660. The zero-order valence-electron chi connectivity index (χ0n) is 13.9. The zero-order valence-corrected chi connectivity index (χ0v) is 13.9. The van der Waals surface area contributed by atoms with E-state index in [0.29, 0.717) is 6.42 Å². The molecule has 0 bridgehead atoms. The molecule has 25 heavy (non-hydrogen) atoms. The second-order valence-electron chi connectivity index (χ2n) is 6.05. The van der Waals surface area contributed by atoms with E-state index in [0.717, 1.165) is 24.1 Å². The molecule has 1 aliphatic heterocycles. The molecule has 6 heteroatoms. The molecule has 4 N–H and O–H groups in total. The maximum absolute atomic E-state index is 12.7. The lowest BCUT2D eigenvalue weighted by atomic mass is 9.91. The van der Waals surface area contributed by atoms with Crippen LogP contribution in [-0.2, 0) is 9.59 Å². The highest BCUT2D eigenvalue weighted by Gasteiger charge is 2.23. The summed E-state index contributed by atoms with van der Waals surface area (Å²) >= 11 is 0. The van der Waals surface area contributed by atoms with Gasteiger partial charge in [0.05, 0.1) is 5.92 Å². The zero-order chi connectivity index (χ0) is 17.5. The predicted molar refractivity (Wildman–Crippen MR) is 95.2 cm³/mol. The molecule has 1 aliphatic rings. The van der Waals surface area contributed by atoms with Gasteiger partial charge in [-0.1, -0.05) is 60.7 Å². The average molecular weight is 338 g/mol. The highest BCUT2D eigenvalue weighted by Crippen LogP contribution is 2.24. The summed E-state index contributed by atoms with van der Waals surface area (Å²) in [4.78, 5) is 24.7. The van der Waals surface area contributed by atoms with Gasteiger partial charge in [0, 0.05) is 19.0 Å². The van der Waals surface area contributed by atoms with Gasteiger partial charge in [-0.25, -0.2) is 0 Å². The van der Waals surface area contributed by atoms with E-state index in [1.807, 2.05) is 60.7 Å². The Kier molecular flexibility index (Phi) is 5.77. The summed E-state index contributed by atoms with van der Waals surface area (Å²) in [5.74, 6) is -0.952. The van der Waals surface area contributed by atoms with Gasteiger partial charge in [0.15, 0.2) is 0 Å². The molecule has 1 heterocycles. The summed E-state index contributed by atoms with van der Waals surface area (Å²) in [6, 6.07) is 19.1. The summed E-state index contributed by atoms with van der Waals surface area (Å²) < 4.78 is 0. The smallest absolute Gasteiger partial charge is 0.250 e. The number of benzene rings is 2. The van der Waals surface area contributed by atoms with Crippen molar-refractivity contribution in [3.8, 4) is 0 Å². The first-order valence-electron chi connectivity index (χ1n) is 8.41. The fourth-order valence-electron chi connectivity index (χ4n) is 2.95. The monoisotopic (exact) mass is 338 g/mol. The van der Waals surface area contributed by atoms with Gasteiger partial charge in [-0.3, -0.25) is 31.3 Å². The molecule has 0 spiro atoms. The lowest BCUT2D eigenvalue weighted by molar-refractivity contribution is -0.129. The quantitative estimate of drug-likeness (QED) is 0.618. The number of nitrogens with one attached hydrogen (secondary N) is 4. The van der Waals surface area contributed by atoms with Crippen LogP contribution in [0.2, 0.25) is 0 Å². The molecular weight excluding hydrogens is 316 g/mol. The Morgan fingerprint density at radius 1 is 0.960 bits per heavy atom. The highest BCUT2D eigenvalue weighted by atomic mass is 16.2. The molecule has 130 valence electrons. The normalized spacial score (nSPS) is 16.6. The third-order valence-corrected chi connectivity index (χ3v) is 4.21. The van der Waals surface area contributed by atoms with Crippen LogP contribution in [-0.4, -0.2) is 24.4 Å². The van der Waals surface area contributed by atoms with Crippen molar-refractivity contribution in [1.82, 2.24) is 21.7 Å². The topological polar surface area (TPSA) is 82.3 Å². The van der Waals surface area contributed by atoms with E-state index in [9.17, 15) is 9.59 Å². The summed E-state index contributed by atoms with van der Waals surface area (Å²) in [6.07, 6.45) is 1.20. The molecule has 0 radical (unpaired) electrons. The second kappa shape index (κ2) is 8.41. The summed E-state index contributed by atoms with van der Waals surface area (Å²) in [6.45, 7) is 0.842. The predicted octanol–water partition coefficient (Wildman–Crippen LogP) is 1.22. The minimum Gasteiger partial charge on any atom is -0.273 e. The Morgan fingerprint density at radius 2 is 1.56 bits per heavy atom. The summed E-state index contributed by atoms with van der Waals surface area (Å²) in [7, 11) is 0. The molecule has 0 aliphatic carbocycles. The molecule has 2 aromatic carbocycles. The molecule has 1 fully saturated rings. The SMILES string of the molecule is O=C(CC1CCNN1)NNC(=O)C(c1ccccc1)c1ccccc1. The van der Waals surface area contributed by atoms with Crippen molar-refractivity contribution in [3.05, 3.63) is 71.8 Å². The Hall–Kier alpha value is -2.70.